The van der Waals surface area contributed by atoms with Gasteiger partial charge in [-0.2, -0.15) is 0 Å². The second kappa shape index (κ2) is 21.7. The molecule has 0 unspecified atom stereocenters. The number of nitrogens with one attached hydrogen (secondary N) is 9. The van der Waals surface area contributed by atoms with Crippen LogP contribution in [0.3, 0.4) is 0 Å². The maximum Gasteiger partial charge on any atom is 0.0360 e. The molecule has 3 aromatic heterocycles. The van der Waals surface area contributed by atoms with Gasteiger partial charge in [0.1, 0.15) is 0 Å². The Bertz CT molecular complexity index is 1490. The summed E-state index contributed by atoms with van der Waals surface area (Å²) in [6, 6.07) is 15.8. The van der Waals surface area contributed by atoms with Crippen LogP contribution >= 0.6 is 0 Å². The van der Waals surface area contributed by atoms with E-state index < -0.39 is 0 Å². The van der Waals surface area contributed by atoms with Gasteiger partial charge in [0.15, 0.2) is 0 Å². The Balaban J connectivity index is 1.15. The molecule has 9 heteroatoms. The summed E-state index contributed by atoms with van der Waals surface area (Å²) in [7, 11) is 0. The van der Waals surface area contributed by atoms with Crippen molar-refractivity contribution in [1.82, 2.24) is 46.9 Å². The first-order chi connectivity index (χ1) is 28.1. The minimum absolute atomic E-state index is 0.472. The first-order valence-corrected chi connectivity index (χ1v) is 23.1. The van der Waals surface area contributed by atoms with E-state index in [0.717, 1.165) is 58.5 Å². The van der Waals surface area contributed by atoms with Gasteiger partial charge < -0.3 is 46.9 Å². The van der Waals surface area contributed by atoms with Crippen LogP contribution in [0.1, 0.15) is 148 Å². The second-order valence-electron chi connectivity index (χ2n) is 17.3. The summed E-state index contributed by atoms with van der Waals surface area (Å²) in [5, 5.41) is 24.4. The molecule has 0 radical (unpaired) electrons. The molecule has 3 aliphatic carbocycles. The van der Waals surface area contributed by atoms with E-state index in [1.807, 2.05) is 18.6 Å². The van der Waals surface area contributed by atoms with E-state index in [1.54, 1.807) is 33.4 Å². The SMILES string of the molecule is CCc1c(CN[C@H]2CCCC[C@@H]2NCc2ccc[nH]2)c(CC)c(CN[C@H]2CCCC[C@@H]2NCc2ccc[nH]2)c(CC)c1CN[C@H]1CCCC[C@@H]1NCc1ccc[nH]1. The number of aromatic nitrogens is 3. The molecule has 4 aromatic rings. The van der Waals surface area contributed by atoms with E-state index in [9.17, 15) is 0 Å². The summed E-state index contributed by atoms with van der Waals surface area (Å²) in [6.45, 7) is 12.7. The predicted octanol–water partition coefficient (Wildman–Crippen LogP) is 7.93. The normalized spacial score (nSPS) is 24.3. The van der Waals surface area contributed by atoms with Crippen molar-refractivity contribution >= 4 is 0 Å². The Morgan fingerprint density at radius 2 is 0.614 bits per heavy atom. The molecular weight excluding hydrogens is 703 g/mol. The van der Waals surface area contributed by atoms with E-state index in [-0.39, 0.29) is 0 Å². The van der Waals surface area contributed by atoms with Gasteiger partial charge >= 0.3 is 0 Å². The van der Waals surface area contributed by atoms with E-state index in [2.05, 4.69) is 104 Å². The van der Waals surface area contributed by atoms with Crippen molar-refractivity contribution in [3.63, 3.8) is 0 Å². The Morgan fingerprint density at radius 1 is 0.368 bits per heavy atom. The van der Waals surface area contributed by atoms with E-state index in [4.69, 9.17) is 0 Å². The van der Waals surface area contributed by atoms with Gasteiger partial charge in [-0.05, 0) is 128 Å². The van der Waals surface area contributed by atoms with E-state index in [0.29, 0.717) is 36.3 Å². The Morgan fingerprint density at radius 3 is 0.825 bits per heavy atom. The van der Waals surface area contributed by atoms with Crippen LogP contribution in [0.25, 0.3) is 0 Å². The summed E-state index contributed by atoms with van der Waals surface area (Å²) in [4.78, 5) is 10.2. The lowest BCUT2D eigenvalue weighted by molar-refractivity contribution is 0.278. The first kappa shape index (κ1) is 42.0. The molecule has 6 atom stereocenters. The van der Waals surface area contributed by atoms with Crippen molar-refractivity contribution in [3.8, 4) is 0 Å². The maximum absolute atomic E-state index is 4.21. The van der Waals surface area contributed by atoms with Gasteiger partial charge in [0, 0.05) is 111 Å². The quantitative estimate of drug-likeness (QED) is 0.0425. The van der Waals surface area contributed by atoms with Gasteiger partial charge in [0.25, 0.3) is 0 Å². The summed E-state index contributed by atoms with van der Waals surface area (Å²) in [5.41, 5.74) is 13.3. The largest absolute Gasteiger partial charge is 0.364 e. The maximum atomic E-state index is 4.21. The summed E-state index contributed by atoms with van der Waals surface area (Å²) in [5.74, 6) is 0. The van der Waals surface area contributed by atoms with Crippen molar-refractivity contribution in [2.75, 3.05) is 0 Å². The molecule has 3 fully saturated rings. The van der Waals surface area contributed by atoms with Crippen LogP contribution < -0.4 is 31.9 Å². The van der Waals surface area contributed by atoms with E-state index in [1.165, 1.54) is 94.1 Å². The zero-order valence-electron chi connectivity index (χ0n) is 35.5. The third kappa shape index (κ3) is 11.1. The summed E-state index contributed by atoms with van der Waals surface area (Å²) < 4.78 is 0. The van der Waals surface area contributed by atoms with Gasteiger partial charge in [-0.15, -0.1) is 0 Å². The highest BCUT2D eigenvalue weighted by Crippen LogP contribution is 2.33. The molecule has 1 aromatic carbocycles. The molecule has 0 bridgehead atoms. The molecule has 9 N–H and O–H groups in total. The van der Waals surface area contributed by atoms with Gasteiger partial charge in [-0.25, -0.2) is 0 Å². The summed E-state index contributed by atoms with van der Waals surface area (Å²) in [6.07, 6.45) is 24.5. The van der Waals surface area contributed by atoms with Crippen molar-refractivity contribution in [2.24, 2.45) is 0 Å². The van der Waals surface area contributed by atoms with Gasteiger partial charge in [0.05, 0.1) is 0 Å². The lowest BCUT2D eigenvalue weighted by Gasteiger charge is -2.36. The molecule has 0 amide bonds. The minimum atomic E-state index is 0.472. The van der Waals surface area contributed by atoms with Gasteiger partial charge in [-0.3, -0.25) is 0 Å². The number of rotatable bonds is 21. The molecular formula is C48H75N9. The third-order valence-electron chi connectivity index (χ3n) is 13.8. The summed E-state index contributed by atoms with van der Waals surface area (Å²) >= 11 is 0. The Kier molecular flexibility index (Phi) is 16.0. The topological polar surface area (TPSA) is 120 Å². The molecule has 3 aliphatic rings. The number of hydrogen-bond acceptors (Lipinski definition) is 6. The number of H-pyrrole nitrogens is 3. The molecule has 0 spiro atoms. The fourth-order valence-electron chi connectivity index (χ4n) is 10.7. The highest BCUT2D eigenvalue weighted by atomic mass is 15.1. The average molecular weight is 778 g/mol. The lowest BCUT2D eigenvalue weighted by atomic mass is 9.82. The number of aromatic amines is 3. The minimum Gasteiger partial charge on any atom is -0.364 e. The predicted molar refractivity (Wildman–Crippen MR) is 236 cm³/mol. The van der Waals surface area contributed by atoms with Crippen molar-refractivity contribution < 1.29 is 0 Å². The standard InChI is InChI=1S/C48H75N9/c1-4-37-40(31-55-46-22-10-7-19-43(46)52-28-34-16-13-25-49-34)38(5-2)42(33-57-48-24-12-9-21-45(48)54-30-36-18-15-27-51-36)39(6-3)41(37)32-56-47-23-11-8-20-44(47)53-29-35-17-14-26-50-35/h13-18,25-27,43-57H,4-12,19-24,28-33H2,1-3H3/t43-,44-,45-,46-,47-,48-/m0/s1. The average Bonchev–Trinajstić information content (AvgIpc) is 4.08. The van der Waals surface area contributed by atoms with Crippen LogP contribution in [0.5, 0.6) is 0 Å². The first-order valence-electron chi connectivity index (χ1n) is 23.1. The Labute approximate surface area is 343 Å². The number of benzene rings is 1. The fraction of sp³-hybridized carbons (Fsp3) is 0.625. The zero-order chi connectivity index (χ0) is 39.2. The highest BCUT2D eigenvalue weighted by Gasteiger charge is 2.30. The van der Waals surface area contributed by atoms with Crippen molar-refractivity contribution in [3.05, 3.63) is 105 Å². The van der Waals surface area contributed by atoms with Crippen LogP contribution in [0, 0.1) is 0 Å². The fourth-order valence-corrected chi connectivity index (χ4v) is 10.7. The van der Waals surface area contributed by atoms with Gasteiger partial charge in [0.2, 0.25) is 0 Å². The monoisotopic (exact) mass is 778 g/mol. The second-order valence-corrected chi connectivity index (χ2v) is 17.3. The van der Waals surface area contributed by atoms with E-state index >= 15 is 0 Å². The van der Waals surface area contributed by atoms with Crippen LogP contribution in [0.2, 0.25) is 0 Å². The van der Waals surface area contributed by atoms with Crippen molar-refractivity contribution in [1.29, 1.82) is 0 Å². The van der Waals surface area contributed by atoms with Crippen LogP contribution in [0.4, 0.5) is 0 Å². The molecule has 9 nitrogen and oxygen atoms in total. The van der Waals surface area contributed by atoms with Crippen molar-refractivity contribution in [2.45, 2.75) is 193 Å². The molecule has 0 saturated heterocycles. The number of hydrogen-bond donors (Lipinski definition) is 9. The van der Waals surface area contributed by atoms with Crippen LogP contribution in [0.15, 0.2) is 55.0 Å². The molecule has 57 heavy (non-hydrogen) atoms. The molecule has 3 heterocycles. The van der Waals surface area contributed by atoms with Crippen LogP contribution in [-0.4, -0.2) is 51.2 Å². The highest BCUT2D eigenvalue weighted by molar-refractivity contribution is 5.53. The van der Waals surface area contributed by atoms with Crippen LogP contribution in [-0.2, 0) is 58.5 Å². The molecule has 0 aliphatic heterocycles. The zero-order valence-corrected chi connectivity index (χ0v) is 35.5. The smallest absolute Gasteiger partial charge is 0.0360 e. The third-order valence-corrected chi connectivity index (χ3v) is 13.8. The molecule has 312 valence electrons. The molecule has 3 saturated carbocycles. The molecule has 7 rings (SSSR count). The van der Waals surface area contributed by atoms with Gasteiger partial charge in [-0.1, -0.05) is 59.3 Å². The Hall–Kier alpha value is -3.18. The lowest BCUT2D eigenvalue weighted by Crippen LogP contribution is -2.50.